The third-order valence-corrected chi connectivity index (χ3v) is 4.83. The maximum Gasteiger partial charge on any atom is 0.137 e. The van der Waals surface area contributed by atoms with Gasteiger partial charge in [0.15, 0.2) is 0 Å². The highest BCUT2D eigenvalue weighted by atomic mass is 16.1. The lowest BCUT2D eigenvalue weighted by Gasteiger charge is -2.27. The minimum absolute atomic E-state index is 0.121. The molecule has 0 radical (unpaired) electrons. The van der Waals surface area contributed by atoms with Crippen LogP contribution in [0.3, 0.4) is 0 Å². The molecule has 3 aromatic rings. The number of aromatic nitrogens is 4. The van der Waals surface area contributed by atoms with Crippen molar-refractivity contribution in [2.24, 2.45) is 0 Å². The van der Waals surface area contributed by atoms with Crippen LogP contribution in [0.1, 0.15) is 32.1 Å². The molecule has 0 amide bonds. The molecule has 5 nitrogen and oxygen atoms in total. The van der Waals surface area contributed by atoms with Crippen LogP contribution in [-0.2, 0) is 10.3 Å². The van der Waals surface area contributed by atoms with Crippen molar-refractivity contribution in [2.75, 3.05) is 0 Å². The molecule has 3 heterocycles. The molecule has 0 spiro atoms. The largest absolute Gasteiger partial charge is 0.346 e. The molecule has 0 bridgehead atoms. The second-order valence-electron chi connectivity index (χ2n) is 6.08. The van der Waals surface area contributed by atoms with Crippen LogP contribution in [0.2, 0.25) is 0 Å². The van der Waals surface area contributed by atoms with Gasteiger partial charge in [0.25, 0.3) is 0 Å². The summed E-state index contributed by atoms with van der Waals surface area (Å²) in [6.07, 6.45) is 13.7. The minimum atomic E-state index is -0.121. The fourth-order valence-corrected chi connectivity index (χ4v) is 3.63. The summed E-state index contributed by atoms with van der Waals surface area (Å²) in [5.41, 5.74) is 2.93. The SMILES string of the molecule is O=CCC1(n2cc(-c3c[nH]c4ncccc34)cn2)CCCC1. The fourth-order valence-electron chi connectivity index (χ4n) is 3.63. The average molecular weight is 294 g/mol. The van der Waals surface area contributed by atoms with E-state index >= 15 is 0 Å². The predicted octanol–water partition coefficient (Wildman–Crippen LogP) is 3.28. The molecule has 1 N–H and O–H groups in total. The van der Waals surface area contributed by atoms with Crippen LogP contribution in [-0.4, -0.2) is 26.0 Å². The van der Waals surface area contributed by atoms with Gasteiger partial charge in [0.1, 0.15) is 11.9 Å². The molecule has 4 rings (SSSR count). The quantitative estimate of drug-likeness (QED) is 0.751. The molecule has 1 aliphatic carbocycles. The van der Waals surface area contributed by atoms with Crippen molar-refractivity contribution in [3.05, 3.63) is 36.9 Å². The summed E-state index contributed by atoms with van der Waals surface area (Å²) in [5, 5.41) is 5.67. The first-order valence-corrected chi connectivity index (χ1v) is 7.74. The van der Waals surface area contributed by atoms with Crippen molar-refractivity contribution < 1.29 is 4.79 Å². The number of hydrogen-bond acceptors (Lipinski definition) is 3. The number of hydrogen-bond donors (Lipinski definition) is 1. The van der Waals surface area contributed by atoms with Crippen LogP contribution in [0.15, 0.2) is 36.9 Å². The number of pyridine rings is 1. The molecule has 3 aromatic heterocycles. The monoisotopic (exact) mass is 294 g/mol. The third-order valence-electron chi connectivity index (χ3n) is 4.83. The number of carbonyl (C=O) groups is 1. The van der Waals surface area contributed by atoms with Gasteiger partial charge in [-0.2, -0.15) is 5.10 Å². The molecule has 112 valence electrons. The van der Waals surface area contributed by atoms with E-state index in [0.717, 1.165) is 41.3 Å². The Bertz CT molecular complexity index is 811. The van der Waals surface area contributed by atoms with Crippen LogP contribution in [0.5, 0.6) is 0 Å². The van der Waals surface area contributed by atoms with Gasteiger partial charge in [-0.3, -0.25) is 4.68 Å². The Morgan fingerprint density at radius 3 is 3.05 bits per heavy atom. The first-order valence-electron chi connectivity index (χ1n) is 7.74. The molecular formula is C17H18N4O. The van der Waals surface area contributed by atoms with Crippen molar-refractivity contribution >= 4 is 17.3 Å². The van der Waals surface area contributed by atoms with Gasteiger partial charge < -0.3 is 9.78 Å². The van der Waals surface area contributed by atoms with E-state index in [0.29, 0.717) is 6.42 Å². The molecule has 0 atom stereocenters. The Kier molecular flexibility index (Phi) is 3.06. The number of aromatic amines is 1. The van der Waals surface area contributed by atoms with Gasteiger partial charge in [-0.1, -0.05) is 12.8 Å². The highest BCUT2D eigenvalue weighted by Gasteiger charge is 2.36. The van der Waals surface area contributed by atoms with Crippen LogP contribution < -0.4 is 0 Å². The lowest BCUT2D eigenvalue weighted by molar-refractivity contribution is -0.109. The average Bonchev–Trinajstić information content (AvgIpc) is 3.26. The predicted molar refractivity (Wildman–Crippen MR) is 84.4 cm³/mol. The zero-order valence-electron chi connectivity index (χ0n) is 12.3. The number of H-pyrrole nitrogens is 1. The Balaban J connectivity index is 1.76. The van der Waals surface area contributed by atoms with Crippen LogP contribution in [0.25, 0.3) is 22.2 Å². The van der Waals surface area contributed by atoms with Gasteiger partial charge in [-0.25, -0.2) is 4.98 Å². The normalized spacial score (nSPS) is 17.1. The number of rotatable bonds is 4. The summed E-state index contributed by atoms with van der Waals surface area (Å²) in [6, 6.07) is 4.00. The Hall–Kier alpha value is -2.43. The van der Waals surface area contributed by atoms with E-state index in [2.05, 4.69) is 27.3 Å². The summed E-state index contributed by atoms with van der Waals surface area (Å²) in [7, 11) is 0. The first-order chi connectivity index (χ1) is 10.8. The number of aldehydes is 1. The Morgan fingerprint density at radius 1 is 1.36 bits per heavy atom. The highest BCUT2D eigenvalue weighted by molar-refractivity contribution is 5.93. The van der Waals surface area contributed by atoms with Crippen LogP contribution in [0, 0.1) is 0 Å². The van der Waals surface area contributed by atoms with E-state index in [1.165, 1.54) is 12.8 Å². The van der Waals surface area contributed by atoms with Gasteiger partial charge in [0.05, 0.1) is 11.7 Å². The van der Waals surface area contributed by atoms with E-state index in [1.54, 1.807) is 6.20 Å². The molecule has 22 heavy (non-hydrogen) atoms. The number of fused-ring (bicyclic) bond motifs is 1. The third kappa shape index (κ3) is 1.96. The van der Waals surface area contributed by atoms with Gasteiger partial charge in [0.2, 0.25) is 0 Å². The molecule has 5 heteroatoms. The number of nitrogens with zero attached hydrogens (tertiary/aromatic N) is 3. The van der Waals surface area contributed by atoms with E-state index in [4.69, 9.17) is 0 Å². The number of nitrogens with one attached hydrogen (secondary N) is 1. The molecular weight excluding hydrogens is 276 g/mol. The summed E-state index contributed by atoms with van der Waals surface area (Å²) in [6.45, 7) is 0. The Labute approximate surface area is 128 Å². The summed E-state index contributed by atoms with van der Waals surface area (Å²) in [5.74, 6) is 0. The Morgan fingerprint density at radius 2 is 2.23 bits per heavy atom. The summed E-state index contributed by atoms with van der Waals surface area (Å²) >= 11 is 0. The summed E-state index contributed by atoms with van der Waals surface area (Å²) in [4.78, 5) is 18.6. The molecule has 0 aromatic carbocycles. The highest BCUT2D eigenvalue weighted by Crippen LogP contribution is 2.39. The van der Waals surface area contributed by atoms with Crippen LogP contribution >= 0.6 is 0 Å². The van der Waals surface area contributed by atoms with Crippen LogP contribution in [0.4, 0.5) is 0 Å². The van der Waals surface area contributed by atoms with E-state index in [1.807, 2.05) is 23.1 Å². The lowest BCUT2D eigenvalue weighted by Crippen LogP contribution is -2.31. The van der Waals surface area contributed by atoms with E-state index in [9.17, 15) is 4.79 Å². The second-order valence-corrected chi connectivity index (χ2v) is 6.08. The van der Waals surface area contributed by atoms with Crippen molar-refractivity contribution in [3.8, 4) is 11.1 Å². The second kappa shape index (κ2) is 5.09. The standard InChI is InChI=1S/C17H18N4O/c22-9-7-17(5-1-2-6-17)21-12-13(10-20-21)15-11-19-16-14(15)4-3-8-18-16/h3-4,8-12H,1-2,5-7H2,(H,18,19). The smallest absolute Gasteiger partial charge is 0.137 e. The molecule has 1 aliphatic rings. The van der Waals surface area contributed by atoms with E-state index < -0.39 is 0 Å². The van der Waals surface area contributed by atoms with Gasteiger partial charge in [-0.15, -0.1) is 0 Å². The molecule has 0 aliphatic heterocycles. The molecule has 0 saturated heterocycles. The molecule has 1 saturated carbocycles. The topological polar surface area (TPSA) is 63.6 Å². The fraction of sp³-hybridized carbons (Fsp3) is 0.353. The van der Waals surface area contributed by atoms with Gasteiger partial charge in [-0.05, 0) is 25.0 Å². The minimum Gasteiger partial charge on any atom is -0.346 e. The van der Waals surface area contributed by atoms with Crippen molar-refractivity contribution in [1.82, 2.24) is 19.7 Å². The first kappa shape index (κ1) is 13.2. The van der Waals surface area contributed by atoms with Crippen molar-refractivity contribution in [3.63, 3.8) is 0 Å². The lowest BCUT2D eigenvalue weighted by atomic mass is 9.94. The summed E-state index contributed by atoms with van der Waals surface area (Å²) < 4.78 is 2.01. The maximum atomic E-state index is 11.1. The maximum absolute atomic E-state index is 11.1. The van der Waals surface area contributed by atoms with Gasteiger partial charge in [0, 0.05) is 41.5 Å². The zero-order chi connectivity index (χ0) is 15.0. The van der Waals surface area contributed by atoms with Crippen molar-refractivity contribution in [2.45, 2.75) is 37.6 Å². The zero-order valence-corrected chi connectivity index (χ0v) is 12.3. The number of carbonyl (C=O) groups excluding carboxylic acids is 1. The van der Waals surface area contributed by atoms with Crippen molar-refractivity contribution in [1.29, 1.82) is 0 Å². The van der Waals surface area contributed by atoms with Gasteiger partial charge >= 0.3 is 0 Å². The van der Waals surface area contributed by atoms with E-state index in [-0.39, 0.29) is 5.54 Å². The molecule has 0 unspecified atom stereocenters. The molecule has 1 fully saturated rings.